The first-order chi connectivity index (χ1) is 12.1. The molecule has 0 aliphatic heterocycles. The number of aromatic nitrogens is 1. The molecule has 10 heteroatoms. The van der Waals surface area contributed by atoms with Crippen molar-refractivity contribution in [2.45, 2.75) is 24.2 Å². The van der Waals surface area contributed by atoms with E-state index in [2.05, 4.69) is 9.88 Å². The van der Waals surface area contributed by atoms with Gasteiger partial charge in [0.25, 0.3) is 10.0 Å². The van der Waals surface area contributed by atoms with E-state index in [1.807, 2.05) is 6.92 Å². The van der Waals surface area contributed by atoms with Crippen molar-refractivity contribution in [1.29, 1.82) is 0 Å². The number of nitrogens with zero attached hydrogens (tertiary/aromatic N) is 1. The predicted molar refractivity (Wildman–Crippen MR) is 91.5 cm³/mol. The lowest BCUT2D eigenvalue weighted by atomic mass is 10.2. The van der Waals surface area contributed by atoms with E-state index in [0.29, 0.717) is 16.3 Å². The van der Waals surface area contributed by atoms with Gasteiger partial charge in [-0.2, -0.15) is 13.2 Å². The molecule has 0 radical (unpaired) electrons. The number of rotatable bonds is 4. The Hall–Kier alpha value is -2.33. The second kappa shape index (κ2) is 6.44. The van der Waals surface area contributed by atoms with Crippen LogP contribution in [0.15, 0.2) is 45.1 Å². The molecule has 5 nitrogen and oxygen atoms in total. The molecular formula is C16H13F3N2O3S2. The Morgan fingerprint density at radius 3 is 2.27 bits per heavy atom. The summed E-state index contributed by atoms with van der Waals surface area (Å²) >= 11 is 0.983. The molecule has 0 spiro atoms. The summed E-state index contributed by atoms with van der Waals surface area (Å²) in [7, 11) is -3.93. The molecule has 0 unspecified atom stereocenters. The summed E-state index contributed by atoms with van der Waals surface area (Å²) in [5.41, 5.74) is 0.710. The van der Waals surface area contributed by atoms with Gasteiger partial charge >= 0.3 is 6.18 Å². The predicted octanol–water partition coefficient (Wildman–Crippen LogP) is 4.84. The van der Waals surface area contributed by atoms with Gasteiger partial charge in [0.15, 0.2) is 5.76 Å². The minimum Gasteiger partial charge on any atom is -0.355 e. The van der Waals surface area contributed by atoms with E-state index in [1.165, 1.54) is 6.07 Å². The van der Waals surface area contributed by atoms with Crippen molar-refractivity contribution in [3.05, 3.63) is 53.2 Å². The highest BCUT2D eigenvalue weighted by molar-refractivity contribution is 7.94. The Labute approximate surface area is 151 Å². The van der Waals surface area contributed by atoms with Crippen LogP contribution in [0, 0.1) is 13.8 Å². The topological polar surface area (TPSA) is 72.2 Å². The second-order valence-electron chi connectivity index (χ2n) is 5.52. The number of benzene rings is 1. The first-order valence-corrected chi connectivity index (χ1v) is 9.61. The highest BCUT2D eigenvalue weighted by Crippen LogP contribution is 2.35. The van der Waals surface area contributed by atoms with Gasteiger partial charge in [0, 0.05) is 11.3 Å². The molecule has 0 atom stereocenters. The average molecular weight is 402 g/mol. The molecule has 0 fully saturated rings. The largest absolute Gasteiger partial charge is 0.416 e. The van der Waals surface area contributed by atoms with E-state index >= 15 is 0 Å². The quantitative estimate of drug-likeness (QED) is 0.678. The Morgan fingerprint density at radius 2 is 1.73 bits per heavy atom. The fourth-order valence-corrected chi connectivity index (χ4v) is 4.56. The summed E-state index contributed by atoms with van der Waals surface area (Å²) in [6.45, 7) is 3.59. The van der Waals surface area contributed by atoms with Gasteiger partial charge in [-0.1, -0.05) is 5.16 Å². The van der Waals surface area contributed by atoms with Crippen molar-refractivity contribution >= 4 is 27.0 Å². The van der Waals surface area contributed by atoms with Gasteiger partial charge < -0.3 is 4.52 Å². The zero-order valence-corrected chi connectivity index (χ0v) is 15.2. The summed E-state index contributed by atoms with van der Waals surface area (Å²) in [5.74, 6) is 0.489. The van der Waals surface area contributed by atoms with E-state index in [1.54, 1.807) is 13.0 Å². The molecule has 1 aromatic carbocycles. The first kappa shape index (κ1) is 18.5. The van der Waals surface area contributed by atoms with E-state index in [9.17, 15) is 21.6 Å². The van der Waals surface area contributed by atoms with Crippen LogP contribution >= 0.6 is 11.3 Å². The maximum absolute atomic E-state index is 12.6. The van der Waals surface area contributed by atoms with Crippen LogP contribution in [0.3, 0.4) is 0 Å². The third-order valence-corrected chi connectivity index (χ3v) is 6.65. The van der Waals surface area contributed by atoms with Crippen LogP contribution in [0.2, 0.25) is 0 Å². The number of hydrogen-bond acceptors (Lipinski definition) is 5. The molecule has 0 saturated heterocycles. The minimum absolute atomic E-state index is 0.0147. The van der Waals surface area contributed by atoms with E-state index in [-0.39, 0.29) is 9.90 Å². The monoisotopic (exact) mass is 402 g/mol. The lowest BCUT2D eigenvalue weighted by Gasteiger charge is -2.09. The number of halogens is 3. The lowest BCUT2D eigenvalue weighted by molar-refractivity contribution is -0.137. The number of hydrogen-bond donors (Lipinski definition) is 1. The van der Waals surface area contributed by atoms with Gasteiger partial charge in [-0.15, -0.1) is 11.3 Å². The minimum atomic E-state index is -4.48. The van der Waals surface area contributed by atoms with Crippen molar-refractivity contribution < 1.29 is 26.1 Å². The molecule has 0 aliphatic rings. The maximum Gasteiger partial charge on any atom is 0.416 e. The summed E-state index contributed by atoms with van der Waals surface area (Å²) in [5, 5.41) is 3.83. The second-order valence-corrected chi connectivity index (χ2v) is 8.51. The van der Waals surface area contributed by atoms with Crippen molar-refractivity contribution in [1.82, 2.24) is 5.16 Å². The molecule has 3 aromatic rings. The van der Waals surface area contributed by atoms with Gasteiger partial charge in [-0.25, -0.2) is 8.42 Å². The summed E-state index contributed by atoms with van der Waals surface area (Å²) < 4.78 is 70.1. The fraction of sp³-hybridized carbons (Fsp3) is 0.188. The molecular weight excluding hydrogens is 389 g/mol. The third-order valence-electron chi connectivity index (χ3n) is 3.69. The average Bonchev–Trinajstić information content (AvgIpc) is 3.15. The molecule has 138 valence electrons. The number of thiophene rings is 1. The third kappa shape index (κ3) is 3.61. The Morgan fingerprint density at radius 1 is 1.08 bits per heavy atom. The lowest BCUT2D eigenvalue weighted by Crippen LogP contribution is -2.12. The van der Waals surface area contributed by atoms with Crippen LogP contribution in [0.5, 0.6) is 0 Å². The molecule has 0 bridgehead atoms. The highest BCUT2D eigenvalue weighted by Gasteiger charge is 2.30. The first-order valence-electron chi connectivity index (χ1n) is 7.31. The molecule has 2 aromatic heterocycles. The molecule has 3 rings (SSSR count). The number of alkyl halides is 3. The SMILES string of the molecule is Cc1noc(-c2ccc(S(=O)(=O)Nc3ccc(C(F)(F)F)cc3)s2)c1C. The van der Waals surface area contributed by atoms with Gasteiger partial charge in [-0.3, -0.25) is 4.72 Å². The van der Waals surface area contributed by atoms with Crippen LogP contribution in [0.1, 0.15) is 16.8 Å². The standard InChI is InChI=1S/C16H13F3N2O3S2/c1-9-10(2)20-24-15(9)13-7-8-14(25-13)26(22,23)21-12-5-3-11(4-6-12)16(17,18)19/h3-8,21H,1-2H3. The summed E-state index contributed by atoms with van der Waals surface area (Å²) in [6, 6.07) is 6.77. The molecule has 0 aliphatic carbocycles. The maximum atomic E-state index is 12.6. The Kier molecular flexibility index (Phi) is 4.57. The van der Waals surface area contributed by atoms with Gasteiger partial charge in [0.1, 0.15) is 4.21 Å². The number of nitrogens with one attached hydrogen (secondary N) is 1. The van der Waals surface area contributed by atoms with Gasteiger partial charge in [0.2, 0.25) is 0 Å². The molecule has 26 heavy (non-hydrogen) atoms. The Bertz CT molecular complexity index is 1040. The van der Waals surface area contributed by atoms with Crippen LogP contribution in [0.4, 0.5) is 18.9 Å². The van der Waals surface area contributed by atoms with Crippen LogP contribution in [-0.4, -0.2) is 13.6 Å². The summed E-state index contributed by atoms with van der Waals surface area (Å²) in [4.78, 5) is 0.593. The number of anilines is 1. The van der Waals surface area contributed by atoms with E-state index in [0.717, 1.165) is 41.2 Å². The molecule has 0 saturated carbocycles. The number of aryl methyl sites for hydroxylation is 1. The highest BCUT2D eigenvalue weighted by atomic mass is 32.2. The van der Waals surface area contributed by atoms with Gasteiger partial charge in [-0.05, 0) is 50.2 Å². The van der Waals surface area contributed by atoms with Crippen molar-refractivity contribution in [3.8, 4) is 10.6 Å². The van der Waals surface area contributed by atoms with Crippen LogP contribution < -0.4 is 4.72 Å². The zero-order chi connectivity index (χ0) is 19.1. The molecule has 1 N–H and O–H groups in total. The van der Waals surface area contributed by atoms with Gasteiger partial charge in [0.05, 0.1) is 16.1 Å². The van der Waals surface area contributed by atoms with Crippen molar-refractivity contribution in [2.24, 2.45) is 0 Å². The summed E-state index contributed by atoms with van der Waals surface area (Å²) in [6.07, 6.45) is -4.48. The number of sulfonamides is 1. The molecule has 2 heterocycles. The normalized spacial score (nSPS) is 12.3. The Balaban J connectivity index is 1.84. The van der Waals surface area contributed by atoms with E-state index < -0.39 is 21.8 Å². The van der Waals surface area contributed by atoms with Crippen molar-refractivity contribution in [3.63, 3.8) is 0 Å². The van der Waals surface area contributed by atoms with Crippen LogP contribution in [-0.2, 0) is 16.2 Å². The zero-order valence-electron chi connectivity index (χ0n) is 13.6. The fourth-order valence-electron chi connectivity index (χ4n) is 2.16. The smallest absolute Gasteiger partial charge is 0.355 e. The van der Waals surface area contributed by atoms with Crippen molar-refractivity contribution in [2.75, 3.05) is 4.72 Å². The van der Waals surface area contributed by atoms with Crippen LogP contribution in [0.25, 0.3) is 10.6 Å². The molecule has 0 amide bonds. The van der Waals surface area contributed by atoms with E-state index in [4.69, 9.17) is 4.52 Å².